The van der Waals surface area contributed by atoms with Crippen LogP contribution in [0.15, 0.2) is 60.7 Å². The van der Waals surface area contributed by atoms with Gasteiger partial charge in [0.2, 0.25) is 0 Å². The van der Waals surface area contributed by atoms with Gasteiger partial charge in [0.25, 0.3) is 11.8 Å². The molecule has 0 N–H and O–H groups in total. The first kappa shape index (κ1) is 19.9. The van der Waals surface area contributed by atoms with E-state index in [0.29, 0.717) is 43.9 Å². The number of amides is 2. The number of hydrogen-bond donors (Lipinski definition) is 0. The lowest BCUT2D eigenvalue weighted by Gasteiger charge is -2.35. The van der Waals surface area contributed by atoms with Crippen molar-refractivity contribution in [1.82, 2.24) is 19.6 Å². The average molecular weight is 402 g/mol. The van der Waals surface area contributed by atoms with Gasteiger partial charge in [-0.05, 0) is 31.5 Å². The summed E-state index contributed by atoms with van der Waals surface area (Å²) in [5, 5.41) is 4.61. The normalized spacial score (nSPS) is 14.1. The lowest BCUT2D eigenvalue weighted by atomic mass is 10.1. The number of aryl methyl sites for hydroxylation is 1. The standard InChI is InChI=1S/C24H26N4O2/c1-18-22(19(2)28(25-18)17-20-9-5-3-6-10-20)24(30)27-15-13-26(14-16-27)23(29)21-11-7-4-8-12-21/h3-12H,13-17H2,1-2H3. The molecule has 0 aliphatic carbocycles. The zero-order chi connectivity index (χ0) is 21.1. The highest BCUT2D eigenvalue weighted by Crippen LogP contribution is 2.19. The topological polar surface area (TPSA) is 58.4 Å². The van der Waals surface area contributed by atoms with Crippen LogP contribution in [0.2, 0.25) is 0 Å². The van der Waals surface area contributed by atoms with Crippen LogP contribution in [-0.2, 0) is 6.54 Å². The zero-order valence-corrected chi connectivity index (χ0v) is 17.4. The maximum Gasteiger partial charge on any atom is 0.257 e. The summed E-state index contributed by atoms with van der Waals surface area (Å²) in [6.07, 6.45) is 0. The van der Waals surface area contributed by atoms with Crippen LogP contribution in [0.4, 0.5) is 0 Å². The molecule has 0 saturated carbocycles. The molecule has 1 aromatic heterocycles. The van der Waals surface area contributed by atoms with Crippen molar-refractivity contribution in [2.45, 2.75) is 20.4 Å². The summed E-state index contributed by atoms with van der Waals surface area (Å²) in [4.78, 5) is 29.5. The SMILES string of the molecule is Cc1nn(Cc2ccccc2)c(C)c1C(=O)N1CCN(C(=O)c2ccccc2)CC1. The Balaban J connectivity index is 1.44. The van der Waals surface area contributed by atoms with Crippen LogP contribution < -0.4 is 0 Å². The van der Waals surface area contributed by atoms with E-state index in [-0.39, 0.29) is 11.8 Å². The van der Waals surface area contributed by atoms with Gasteiger partial charge >= 0.3 is 0 Å². The van der Waals surface area contributed by atoms with Gasteiger partial charge in [0.05, 0.1) is 17.8 Å². The lowest BCUT2D eigenvalue weighted by Crippen LogP contribution is -2.50. The maximum atomic E-state index is 13.2. The van der Waals surface area contributed by atoms with Crippen LogP contribution >= 0.6 is 0 Å². The summed E-state index contributed by atoms with van der Waals surface area (Å²) >= 11 is 0. The number of rotatable bonds is 4. The minimum Gasteiger partial charge on any atom is -0.335 e. The molecule has 6 nitrogen and oxygen atoms in total. The van der Waals surface area contributed by atoms with Crippen LogP contribution in [0, 0.1) is 13.8 Å². The van der Waals surface area contributed by atoms with Gasteiger partial charge in [0.1, 0.15) is 0 Å². The first-order chi connectivity index (χ1) is 14.5. The Kier molecular flexibility index (Phi) is 5.65. The first-order valence-corrected chi connectivity index (χ1v) is 10.3. The molecule has 2 aromatic carbocycles. The Morgan fingerprint density at radius 1 is 0.800 bits per heavy atom. The summed E-state index contributed by atoms with van der Waals surface area (Å²) in [6.45, 7) is 6.61. The fourth-order valence-corrected chi connectivity index (χ4v) is 3.95. The van der Waals surface area contributed by atoms with E-state index in [1.807, 2.05) is 76.9 Å². The predicted molar refractivity (Wildman–Crippen MR) is 115 cm³/mol. The number of piperazine rings is 1. The van der Waals surface area contributed by atoms with E-state index in [1.54, 1.807) is 0 Å². The summed E-state index contributed by atoms with van der Waals surface area (Å²) in [5.41, 5.74) is 4.13. The minimum absolute atomic E-state index is 0.00359. The van der Waals surface area contributed by atoms with Crippen molar-refractivity contribution in [2.75, 3.05) is 26.2 Å². The highest BCUT2D eigenvalue weighted by Gasteiger charge is 2.28. The second-order valence-electron chi connectivity index (χ2n) is 7.64. The van der Waals surface area contributed by atoms with Crippen LogP contribution in [0.25, 0.3) is 0 Å². The van der Waals surface area contributed by atoms with Crippen molar-refractivity contribution in [1.29, 1.82) is 0 Å². The van der Waals surface area contributed by atoms with Gasteiger partial charge in [0.15, 0.2) is 0 Å². The Morgan fingerprint density at radius 2 is 1.33 bits per heavy atom. The molecule has 1 aliphatic rings. The molecule has 0 bridgehead atoms. The quantitative estimate of drug-likeness (QED) is 0.674. The van der Waals surface area contributed by atoms with E-state index >= 15 is 0 Å². The third-order valence-electron chi connectivity index (χ3n) is 5.65. The fourth-order valence-electron chi connectivity index (χ4n) is 3.95. The number of carbonyl (C=O) groups excluding carboxylic acids is 2. The summed E-state index contributed by atoms with van der Waals surface area (Å²) < 4.78 is 1.90. The number of nitrogens with zero attached hydrogens (tertiary/aromatic N) is 4. The van der Waals surface area contributed by atoms with Gasteiger partial charge in [-0.1, -0.05) is 48.5 Å². The second kappa shape index (κ2) is 8.53. The van der Waals surface area contributed by atoms with Crippen molar-refractivity contribution < 1.29 is 9.59 Å². The van der Waals surface area contributed by atoms with Crippen molar-refractivity contribution in [3.8, 4) is 0 Å². The van der Waals surface area contributed by atoms with Crippen molar-refractivity contribution in [2.24, 2.45) is 0 Å². The zero-order valence-electron chi connectivity index (χ0n) is 17.4. The number of aromatic nitrogens is 2. The smallest absolute Gasteiger partial charge is 0.257 e. The molecular formula is C24H26N4O2. The molecule has 3 aromatic rings. The molecule has 2 heterocycles. The van der Waals surface area contributed by atoms with Crippen LogP contribution in [0.1, 0.15) is 37.7 Å². The Bertz CT molecular complexity index is 1040. The first-order valence-electron chi connectivity index (χ1n) is 10.3. The summed E-state index contributed by atoms with van der Waals surface area (Å²) in [5.74, 6) is 0.0156. The number of hydrogen-bond acceptors (Lipinski definition) is 3. The number of benzene rings is 2. The molecular weight excluding hydrogens is 376 g/mol. The van der Waals surface area contributed by atoms with Crippen LogP contribution in [0.5, 0.6) is 0 Å². The van der Waals surface area contributed by atoms with Gasteiger partial charge in [-0.15, -0.1) is 0 Å². The van der Waals surface area contributed by atoms with E-state index < -0.39 is 0 Å². The van der Waals surface area contributed by atoms with Crippen molar-refractivity contribution >= 4 is 11.8 Å². The van der Waals surface area contributed by atoms with E-state index in [2.05, 4.69) is 17.2 Å². The molecule has 6 heteroatoms. The molecule has 1 aliphatic heterocycles. The molecule has 1 saturated heterocycles. The van der Waals surface area contributed by atoms with E-state index in [4.69, 9.17) is 0 Å². The summed E-state index contributed by atoms with van der Waals surface area (Å²) in [7, 11) is 0. The highest BCUT2D eigenvalue weighted by atomic mass is 16.2. The van der Waals surface area contributed by atoms with Gasteiger partial charge in [-0.2, -0.15) is 5.10 Å². The molecule has 0 unspecified atom stereocenters. The number of carbonyl (C=O) groups is 2. The largest absolute Gasteiger partial charge is 0.335 e. The third-order valence-corrected chi connectivity index (χ3v) is 5.65. The molecule has 154 valence electrons. The molecule has 2 amide bonds. The van der Waals surface area contributed by atoms with E-state index in [9.17, 15) is 9.59 Å². The van der Waals surface area contributed by atoms with Crippen LogP contribution in [0.3, 0.4) is 0 Å². The molecule has 1 fully saturated rings. The fraction of sp³-hybridized carbons (Fsp3) is 0.292. The Labute approximate surface area is 176 Å². The van der Waals surface area contributed by atoms with Crippen LogP contribution in [-0.4, -0.2) is 57.6 Å². The molecule has 0 radical (unpaired) electrons. The van der Waals surface area contributed by atoms with E-state index in [0.717, 1.165) is 17.0 Å². The maximum absolute atomic E-state index is 13.2. The van der Waals surface area contributed by atoms with Gasteiger partial charge in [-0.3, -0.25) is 14.3 Å². The minimum atomic E-state index is -0.00359. The molecule has 4 rings (SSSR count). The molecule has 0 spiro atoms. The van der Waals surface area contributed by atoms with Gasteiger partial charge in [-0.25, -0.2) is 0 Å². The molecule has 0 atom stereocenters. The lowest BCUT2D eigenvalue weighted by molar-refractivity contribution is 0.0534. The average Bonchev–Trinajstić information content (AvgIpc) is 3.07. The van der Waals surface area contributed by atoms with Gasteiger partial charge < -0.3 is 9.80 Å². The summed E-state index contributed by atoms with van der Waals surface area (Å²) in [6, 6.07) is 19.4. The monoisotopic (exact) mass is 402 g/mol. The van der Waals surface area contributed by atoms with E-state index in [1.165, 1.54) is 0 Å². The predicted octanol–water partition coefficient (Wildman–Crippen LogP) is 3.15. The van der Waals surface area contributed by atoms with Crippen molar-refractivity contribution in [3.05, 3.63) is 88.7 Å². The molecule has 30 heavy (non-hydrogen) atoms. The Morgan fingerprint density at radius 3 is 1.93 bits per heavy atom. The third kappa shape index (κ3) is 3.99. The van der Waals surface area contributed by atoms with Crippen molar-refractivity contribution in [3.63, 3.8) is 0 Å². The van der Waals surface area contributed by atoms with Gasteiger partial charge in [0, 0.05) is 37.4 Å². The second-order valence-corrected chi connectivity index (χ2v) is 7.64. The Hall–Kier alpha value is -3.41. The highest BCUT2D eigenvalue weighted by molar-refractivity contribution is 5.97.